The Morgan fingerprint density at radius 2 is 1.82 bits per heavy atom. The van der Waals surface area contributed by atoms with Crippen LogP contribution in [0.1, 0.15) is 29.7 Å². The molecule has 0 radical (unpaired) electrons. The largest absolute Gasteiger partial charge is 0.479 e. The molecule has 7 nitrogen and oxygen atoms in total. The average Bonchev–Trinajstić information content (AvgIpc) is 3.27. The molecule has 0 fully saturated rings. The molecule has 3 aromatic carbocycles. The van der Waals surface area contributed by atoms with Crippen LogP contribution in [0.15, 0.2) is 94.2 Å². The predicted molar refractivity (Wildman–Crippen MR) is 150 cm³/mol. The molecule has 9 heteroatoms. The Hall–Kier alpha value is -4.45. The van der Waals surface area contributed by atoms with Crippen molar-refractivity contribution in [3.63, 3.8) is 0 Å². The monoisotopic (exact) mass is 555 g/mol. The Labute approximate surface area is 233 Å². The van der Waals surface area contributed by atoms with Crippen molar-refractivity contribution in [2.24, 2.45) is 4.99 Å². The number of ether oxygens (including phenoxy) is 2. The molecule has 0 saturated heterocycles. The third kappa shape index (κ3) is 5.41. The first-order chi connectivity index (χ1) is 19.0. The Morgan fingerprint density at radius 1 is 1.10 bits per heavy atom. The summed E-state index contributed by atoms with van der Waals surface area (Å²) in [5.41, 5.74) is 2.68. The lowest BCUT2D eigenvalue weighted by atomic mass is 9.93. The number of hydrogen-bond donors (Lipinski definition) is 0. The maximum absolute atomic E-state index is 13.9. The summed E-state index contributed by atoms with van der Waals surface area (Å²) in [5, 5.41) is 9.25. The highest BCUT2D eigenvalue weighted by atomic mass is 35.5. The number of carbonyl (C=O) groups excluding carboxylic acids is 1. The number of fused-ring (bicyclic) bond motifs is 1. The van der Waals surface area contributed by atoms with Crippen molar-refractivity contribution in [1.82, 2.24) is 4.57 Å². The van der Waals surface area contributed by atoms with Crippen LogP contribution in [-0.2, 0) is 9.53 Å². The second-order valence-electron chi connectivity index (χ2n) is 8.50. The zero-order valence-corrected chi connectivity index (χ0v) is 22.4. The molecule has 39 heavy (non-hydrogen) atoms. The Morgan fingerprint density at radius 3 is 2.49 bits per heavy atom. The first-order valence-electron chi connectivity index (χ1n) is 12.1. The van der Waals surface area contributed by atoms with Crippen LogP contribution in [0.3, 0.4) is 0 Å². The second-order valence-corrected chi connectivity index (χ2v) is 9.94. The first-order valence-corrected chi connectivity index (χ1v) is 13.3. The molecule has 0 unspecified atom stereocenters. The third-order valence-corrected chi connectivity index (χ3v) is 7.28. The van der Waals surface area contributed by atoms with E-state index < -0.39 is 12.0 Å². The fourth-order valence-corrected chi connectivity index (χ4v) is 5.46. The van der Waals surface area contributed by atoms with E-state index in [1.807, 2.05) is 36.4 Å². The van der Waals surface area contributed by atoms with Crippen LogP contribution in [0.4, 0.5) is 0 Å². The van der Waals surface area contributed by atoms with E-state index in [9.17, 15) is 9.59 Å². The van der Waals surface area contributed by atoms with Gasteiger partial charge < -0.3 is 9.47 Å². The molecule has 4 aromatic rings. The molecular formula is C30H22ClN3O4S. The Kier molecular flexibility index (Phi) is 7.73. The van der Waals surface area contributed by atoms with Crippen LogP contribution in [0.25, 0.3) is 11.8 Å². The number of thiazole rings is 1. The van der Waals surface area contributed by atoms with Gasteiger partial charge in [-0.1, -0.05) is 77.5 Å². The number of halogens is 1. The van der Waals surface area contributed by atoms with Gasteiger partial charge in [0.1, 0.15) is 11.8 Å². The lowest BCUT2D eigenvalue weighted by Gasteiger charge is -2.25. The fourth-order valence-electron chi connectivity index (χ4n) is 4.33. The molecular weight excluding hydrogens is 534 g/mol. The second kappa shape index (κ2) is 11.5. The summed E-state index contributed by atoms with van der Waals surface area (Å²) >= 11 is 7.41. The highest BCUT2D eigenvalue weighted by molar-refractivity contribution is 7.07. The SMILES string of the molecule is CCOC(=O)C1=C(c2ccccc2)N=c2s/c(=C\c3ccc(OCC#N)cc3)c(=O)n2[C@@H]1c1ccc(Cl)cc1. The fraction of sp³-hybridized carbons (Fsp3) is 0.133. The van der Waals surface area contributed by atoms with Crippen molar-refractivity contribution in [2.45, 2.75) is 13.0 Å². The van der Waals surface area contributed by atoms with Gasteiger partial charge in [0.2, 0.25) is 0 Å². The topological polar surface area (TPSA) is 93.7 Å². The summed E-state index contributed by atoms with van der Waals surface area (Å²) in [6, 6.07) is 24.7. The zero-order chi connectivity index (χ0) is 27.4. The van der Waals surface area contributed by atoms with Gasteiger partial charge in [-0.15, -0.1) is 0 Å². The van der Waals surface area contributed by atoms with Crippen molar-refractivity contribution in [2.75, 3.05) is 13.2 Å². The van der Waals surface area contributed by atoms with E-state index in [0.717, 1.165) is 11.1 Å². The van der Waals surface area contributed by atoms with E-state index in [1.165, 1.54) is 11.3 Å². The van der Waals surface area contributed by atoms with E-state index in [0.29, 0.717) is 31.4 Å². The van der Waals surface area contributed by atoms with Crippen LogP contribution < -0.4 is 19.6 Å². The highest BCUT2D eigenvalue weighted by Crippen LogP contribution is 2.35. The standard InChI is InChI=1S/C30H22ClN3O4S/c1-2-37-29(36)25-26(20-6-4-3-5-7-20)33-30-34(27(25)21-10-12-22(31)13-11-21)28(35)24(39-30)18-19-8-14-23(15-9-19)38-17-16-32/h3-15,18,27H,2,17H2,1H3/b24-18-/t27-/m1/s1. The molecule has 2 heterocycles. The van der Waals surface area contributed by atoms with Crippen molar-refractivity contribution < 1.29 is 14.3 Å². The number of rotatable bonds is 7. The third-order valence-electron chi connectivity index (χ3n) is 6.04. The van der Waals surface area contributed by atoms with Crippen molar-refractivity contribution in [3.05, 3.63) is 126 Å². The molecule has 0 saturated carbocycles. The maximum atomic E-state index is 13.9. The van der Waals surface area contributed by atoms with Crippen LogP contribution >= 0.6 is 22.9 Å². The zero-order valence-electron chi connectivity index (χ0n) is 20.8. The van der Waals surface area contributed by atoms with Gasteiger partial charge in [0, 0.05) is 10.6 Å². The minimum absolute atomic E-state index is 0.0464. The van der Waals surface area contributed by atoms with Gasteiger partial charge in [-0.2, -0.15) is 5.26 Å². The van der Waals surface area contributed by atoms with E-state index in [2.05, 4.69) is 0 Å². The number of benzene rings is 3. The van der Waals surface area contributed by atoms with Gasteiger partial charge in [-0.25, -0.2) is 9.79 Å². The quantitative estimate of drug-likeness (QED) is 0.313. The minimum atomic E-state index is -0.767. The summed E-state index contributed by atoms with van der Waals surface area (Å²) in [7, 11) is 0. The molecule has 1 aliphatic rings. The number of nitrogens with zero attached hydrogens (tertiary/aromatic N) is 3. The lowest BCUT2D eigenvalue weighted by molar-refractivity contribution is -0.138. The van der Waals surface area contributed by atoms with Gasteiger partial charge in [0.25, 0.3) is 5.56 Å². The smallest absolute Gasteiger partial charge is 0.338 e. The molecule has 0 N–H and O–H groups in total. The molecule has 0 amide bonds. The predicted octanol–water partition coefficient (Wildman–Crippen LogP) is 4.49. The van der Waals surface area contributed by atoms with Crippen molar-refractivity contribution in [3.8, 4) is 11.8 Å². The van der Waals surface area contributed by atoms with Crippen molar-refractivity contribution >= 4 is 40.7 Å². The summed E-state index contributed by atoms with van der Waals surface area (Å²) in [6.45, 7) is 1.87. The average molecular weight is 556 g/mol. The number of hydrogen-bond acceptors (Lipinski definition) is 7. The summed E-state index contributed by atoms with van der Waals surface area (Å²) in [6.07, 6.45) is 1.77. The van der Waals surface area contributed by atoms with Crippen molar-refractivity contribution in [1.29, 1.82) is 5.26 Å². The molecule has 1 aromatic heterocycles. The van der Waals surface area contributed by atoms with Crippen LogP contribution in [0.5, 0.6) is 5.75 Å². The number of carbonyl (C=O) groups is 1. The molecule has 0 bridgehead atoms. The van der Waals surface area contributed by atoms with E-state index in [1.54, 1.807) is 66.1 Å². The molecule has 0 aliphatic carbocycles. The lowest BCUT2D eigenvalue weighted by Crippen LogP contribution is -2.40. The van der Waals surface area contributed by atoms with Gasteiger partial charge in [0.15, 0.2) is 11.4 Å². The molecule has 5 rings (SSSR count). The van der Waals surface area contributed by atoms with Gasteiger partial charge >= 0.3 is 5.97 Å². The Bertz CT molecular complexity index is 1770. The normalized spacial score (nSPS) is 14.8. The summed E-state index contributed by atoms with van der Waals surface area (Å²) in [4.78, 5) is 32.6. The Balaban J connectivity index is 1.73. The summed E-state index contributed by atoms with van der Waals surface area (Å²) in [5.74, 6) is 0.0202. The molecule has 1 atom stereocenters. The number of aromatic nitrogens is 1. The minimum Gasteiger partial charge on any atom is -0.479 e. The number of nitriles is 1. The van der Waals surface area contributed by atoms with Gasteiger partial charge in [-0.05, 0) is 48.4 Å². The van der Waals surface area contributed by atoms with Crippen LogP contribution in [-0.4, -0.2) is 23.8 Å². The van der Waals surface area contributed by atoms with Crippen LogP contribution in [0.2, 0.25) is 5.02 Å². The maximum Gasteiger partial charge on any atom is 0.338 e. The molecule has 1 aliphatic heterocycles. The van der Waals surface area contributed by atoms with Crippen LogP contribution in [0, 0.1) is 11.3 Å². The highest BCUT2D eigenvalue weighted by Gasteiger charge is 2.35. The van der Waals surface area contributed by atoms with E-state index in [4.69, 9.17) is 31.3 Å². The molecule has 0 spiro atoms. The first kappa shape index (κ1) is 26.2. The van der Waals surface area contributed by atoms with Gasteiger partial charge in [-0.3, -0.25) is 9.36 Å². The van der Waals surface area contributed by atoms with E-state index in [-0.39, 0.29) is 24.3 Å². The number of esters is 1. The molecule has 194 valence electrons. The summed E-state index contributed by atoms with van der Waals surface area (Å²) < 4.78 is 12.8. The van der Waals surface area contributed by atoms with E-state index >= 15 is 0 Å². The van der Waals surface area contributed by atoms with Gasteiger partial charge in [0.05, 0.1) is 28.5 Å².